The van der Waals surface area contributed by atoms with Gasteiger partial charge < -0.3 is 14.7 Å². The van der Waals surface area contributed by atoms with E-state index in [-0.39, 0.29) is 17.8 Å². The summed E-state index contributed by atoms with van der Waals surface area (Å²) in [5.74, 6) is 0.362. The Morgan fingerprint density at radius 3 is 2.61 bits per heavy atom. The third-order valence-electron chi connectivity index (χ3n) is 4.28. The Kier molecular flexibility index (Phi) is 7.23. The first kappa shape index (κ1) is 23.1. The Hall–Kier alpha value is -2.58. The molecule has 0 aliphatic rings. The van der Waals surface area contributed by atoms with Gasteiger partial charge in [0.25, 0.3) is 0 Å². The Balaban J connectivity index is 1.99. The number of thiazole rings is 1. The molecule has 0 atom stereocenters. The zero-order chi connectivity index (χ0) is 22.6. The Bertz CT molecular complexity index is 1060. The number of hydrogen-bond donors (Lipinski definition) is 1. The molecule has 2 aromatic carbocycles. The van der Waals surface area contributed by atoms with Gasteiger partial charge in [-0.3, -0.25) is 0 Å². The maximum Gasteiger partial charge on any atom is 0.407 e. The van der Waals surface area contributed by atoms with E-state index in [9.17, 15) is 14.3 Å². The predicted octanol–water partition coefficient (Wildman–Crippen LogP) is 6.64. The first-order valence-electron chi connectivity index (χ1n) is 9.70. The summed E-state index contributed by atoms with van der Waals surface area (Å²) in [4.78, 5) is 18.7. The van der Waals surface area contributed by atoms with Crippen molar-refractivity contribution in [1.29, 1.82) is 0 Å². The van der Waals surface area contributed by atoms with Gasteiger partial charge in [0.1, 0.15) is 16.6 Å². The van der Waals surface area contributed by atoms with Crippen LogP contribution in [-0.4, -0.2) is 34.7 Å². The fourth-order valence-electron chi connectivity index (χ4n) is 3.01. The van der Waals surface area contributed by atoms with Crippen molar-refractivity contribution >= 4 is 29.2 Å². The van der Waals surface area contributed by atoms with E-state index < -0.39 is 6.09 Å². The van der Waals surface area contributed by atoms with E-state index in [1.807, 2.05) is 45.0 Å². The molecule has 0 unspecified atom stereocenters. The van der Waals surface area contributed by atoms with Crippen LogP contribution in [-0.2, 0) is 6.54 Å². The van der Waals surface area contributed by atoms with Crippen LogP contribution in [0, 0.1) is 11.2 Å². The SMILES string of the molecule is COc1cccc(Sc2sc(CN(CC(C)(C)C)C(=O)O)nc2-c2ccccc2F)c1. The lowest BCUT2D eigenvalue weighted by atomic mass is 9.96. The van der Waals surface area contributed by atoms with Crippen LogP contribution in [0.2, 0.25) is 0 Å². The molecule has 31 heavy (non-hydrogen) atoms. The lowest BCUT2D eigenvalue weighted by Gasteiger charge is -2.27. The van der Waals surface area contributed by atoms with Crippen molar-refractivity contribution in [2.75, 3.05) is 13.7 Å². The van der Waals surface area contributed by atoms with E-state index in [1.54, 1.807) is 25.3 Å². The van der Waals surface area contributed by atoms with Gasteiger partial charge in [-0.05, 0) is 35.7 Å². The van der Waals surface area contributed by atoms with Gasteiger partial charge in [0, 0.05) is 17.0 Å². The highest BCUT2D eigenvalue weighted by Gasteiger charge is 2.24. The molecule has 1 heterocycles. The van der Waals surface area contributed by atoms with Gasteiger partial charge in [-0.15, -0.1) is 11.3 Å². The number of benzene rings is 2. The van der Waals surface area contributed by atoms with Crippen LogP contribution in [0.4, 0.5) is 9.18 Å². The smallest absolute Gasteiger partial charge is 0.407 e. The number of methoxy groups -OCH3 is 1. The number of amides is 1. The van der Waals surface area contributed by atoms with Gasteiger partial charge in [0.05, 0.1) is 23.6 Å². The molecule has 3 aromatic rings. The van der Waals surface area contributed by atoms with Crippen LogP contribution in [0.5, 0.6) is 5.75 Å². The molecular formula is C23H25FN2O3S2. The van der Waals surface area contributed by atoms with E-state index in [1.165, 1.54) is 34.1 Å². The highest BCUT2D eigenvalue weighted by Crippen LogP contribution is 2.42. The normalized spacial score (nSPS) is 11.4. The number of rotatable bonds is 7. The lowest BCUT2D eigenvalue weighted by Crippen LogP contribution is -2.36. The molecule has 0 bridgehead atoms. The third kappa shape index (κ3) is 6.21. The Labute approximate surface area is 189 Å². The first-order valence-corrected chi connectivity index (χ1v) is 11.3. The topological polar surface area (TPSA) is 62.7 Å². The highest BCUT2D eigenvalue weighted by atomic mass is 32.2. The van der Waals surface area contributed by atoms with Crippen molar-refractivity contribution < 1.29 is 19.0 Å². The first-order chi connectivity index (χ1) is 14.7. The fourth-order valence-corrected chi connectivity index (χ4v) is 5.36. The van der Waals surface area contributed by atoms with E-state index >= 15 is 0 Å². The summed E-state index contributed by atoms with van der Waals surface area (Å²) in [7, 11) is 1.61. The van der Waals surface area contributed by atoms with Crippen molar-refractivity contribution in [2.24, 2.45) is 5.41 Å². The monoisotopic (exact) mass is 460 g/mol. The minimum Gasteiger partial charge on any atom is -0.497 e. The van der Waals surface area contributed by atoms with Gasteiger partial charge >= 0.3 is 6.09 Å². The number of carboxylic acid groups (broad SMARTS) is 1. The average Bonchev–Trinajstić information content (AvgIpc) is 3.08. The summed E-state index contributed by atoms with van der Waals surface area (Å²) >= 11 is 2.84. The number of carbonyl (C=O) groups is 1. The van der Waals surface area contributed by atoms with E-state index in [2.05, 4.69) is 4.98 Å². The van der Waals surface area contributed by atoms with Gasteiger partial charge in [-0.1, -0.05) is 50.7 Å². The summed E-state index contributed by atoms with van der Waals surface area (Å²) in [5.41, 5.74) is 0.724. The summed E-state index contributed by atoms with van der Waals surface area (Å²) in [5, 5.41) is 10.3. The molecule has 0 fully saturated rings. The van der Waals surface area contributed by atoms with Crippen molar-refractivity contribution in [3.63, 3.8) is 0 Å². The summed E-state index contributed by atoms with van der Waals surface area (Å²) in [6.07, 6.45) is -1.00. The number of hydrogen-bond acceptors (Lipinski definition) is 5. The standard InChI is InChI=1S/C23H25FN2O3S2/c1-23(2,3)14-26(22(27)28)13-19-25-20(17-10-5-6-11-18(17)24)21(31-19)30-16-9-7-8-15(12-16)29-4/h5-12H,13-14H2,1-4H3,(H,27,28). The van der Waals surface area contributed by atoms with Gasteiger partial charge in [0.15, 0.2) is 0 Å². The molecule has 3 rings (SSSR count). The second kappa shape index (κ2) is 9.70. The molecule has 8 heteroatoms. The lowest BCUT2D eigenvalue weighted by molar-refractivity contribution is 0.123. The minimum atomic E-state index is -1.00. The molecule has 0 saturated heterocycles. The number of nitrogens with zero attached hydrogens (tertiary/aromatic N) is 2. The van der Waals surface area contributed by atoms with Crippen molar-refractivity contribution in [2.45, 2.75) is 36.4 Å². The van der Waals surface area contributed by atoms with Crippen LogP contribution in [0.25, 0.3) is 11.3 Å². The van der Waals surface area contributed by atoms with Crippen molar-refractivity contribution in [3.05, 3.63) is 59.4 Å². The maximum atomic E-state index is 14.6. The highest BCUT2D eigenvalue weighted by molar-refractivity contribution is 8.01. The molecule has 1 aromatic heterocycles. The zero-order valence-corrected chi connectivity index (χ0v) is 19.5. The summed E-state index contributed by atoms with van der Waals surface area (Å²) in [6, 6.07) is 14.1. The second-order valence-corrected chi connectivity index (χ2v) is 10.6. The zero-order valence-electron chi connectivity index (χ0n) is 17.9. The van der Waals surface area contributed by atoms with Gasteiger partial charge in [0.2, 0.25) is 0 Å². The van der Waals surface area contributed by atoms with E-state index in [0.717, 1.165) is 14.9 Å². The van der Waals surface area contributed by atoms with Crippen LogP contribution in [0.3, 0.4) is 0 Å². The average molecular weight is 461 g/mol. The van der Waals surface area contributed by atoms with Crippen LogP contribution < -0.4 is 4.74 Å². The van der Waals surface area contributed by atoms with Crippen LogP contribution >= 0.6 is 23.1 Å². The van der Waals surface area contributed by atoms with Crippen LogP contribution in [0.15, 0.2) is 57.6 Å². The molecular weight excluding hydrogens is 435 g/mol. The molecule has 0 aliphatic heterocycles. The molecule has 5 nitrogen and oxygen atoms in total. The minimum absolute atomic E-state index is 0.150. The molecule has 164 valence electrons. The molecule has 0 aliphatic carbocycles. The van der Waals surface area contributed by atoms with E-state index in [0.29, 0.717) is 22.8 Å². The second-order valence-electron chi connectivity index (χ2n) is 8.20. The van der Waals surface area contributed by atoms with Crippen LogP contribution in [0.1, 0.15) is 25.8 Å². The molecule has 1 amide bonds. The summed E-state index contributed by atoms with van der Waals surface area (Å²) < 4.78 is 20.7. The molecule has 0 spiro atoms. The predicted molar refractivity (Wildman–Crippen MR) is 123 cm³/mol. The molecule has 0 radical (unpaired) electrons. The van der Waals surface area contributed by atoms with Gasteiger partial charge in [-0.2, -0.15) is 0 Å². The Morgan fingerprint density at radius 2 is 1.97 bits per heavy atom. The van der Waals surface area contributed by atoms with Crippen molar-refractivity contribution in [3.8, 4) is 17.0 Å². The molecule has 0 saturated carbocycles. The fraction of sp³-hybridized carbons (Fsp3) is 0.304. The Morgan fingerprint density at radius 1 is 1.23 bits per heavy atom. The van der Waals surface area contributed by atoms with Crippen molar-refractivity contribution in [1.82, 2.24) is 9.88 Å². The third-order valence-corrected chi connectivity index (χ3v) is 6.49. The quantitative estimate of drug-likeness (QED) is 0.428. The van der Waals surface area contributed by atoms with Gasteiger partial charge in [-0.25, -0.2) is 14.2 Å². The summed E-state index contributed by atoms with van der Waals surface area (Å²) in [6.45, 7) is 6.48. The maximum absolute atomic E-state index is 14.6. The largest absolute Gasteiger partial charge is 0.497 e. The molecule has 1 N–H and O–H groups in total. The number of halogens is 1. The number of ether oxygens (including phenoxy) is 1. The number of aromatic nitrogens is 1. The van der Waals surface area contributed by atoms with E-state index in [4.69, 9.17) is 4.74 Å².